The zero-order valence-electron chi connectivity index (χ0n) is 18.2. The van der Waals surface area contributed by atoms with Crippen molar-refractivity contribution in [2.75, 3.05) is 45.2 Å². The lowest BCUT2D eigenvalue weighted by molar-refractivity contribution is 0.0529. The molecule has 8 nitrogen and oxygen atoms in total. The molecule has 1 amide bonds. The van der Waals surface area contributed by atoms with E-state index in [0.29, 0.717) is 17.7 Å². The second kappa shape index (κ2) is 8.49. The Morgan fingerprint density at radius 3 is 2.83 bits per heavy atom. The van der Waals surface area contributed by atoms with Crippen molar-refractivity contribution in [1.29, 1.82) is 0 Å². The fourth-order valence-electron chi connectivity index (χ4n) is 4.52. The van der Waals surface area contributed by atoms with Gasteiger partial charge in [-0.05, 0) is 50.8 Å². The topological polar surface area (TPSA) is 82.0 Å². The molecular formula is C21H30BN5O3. The average molecular weight is 411 g/mol. The van der Waals surface area contributed by atoms with Crippen LogP contribution in [0.2, 0.25) is 6.82 Å². The predicted octanol–water partition coefficient (Wildman–Crippen LogP) is 1.80. The van der Waals surface area contributed by atoms with Crippen molar-refractivity contribution in [3.05, 3.63) is 29.5 Å². The van der Waals surface area contributed by atoms with Crippen LogP contribution in [0.25, 0.3) is 11.0 Å². The fourth-order valence-corrected chi connectivity index (χ4v) is 4.52. The summed E-state index contributed by atoms with van der Waals surface area (Å²) in [6.45, 7) is 6.90. The van der Waals surface area contributed by atoms with Crippen LogP contribution in [0.4, 0.5) is 5.82 Å². The maximum absolute atomic E-state index is 12.7. The van der Waals surface area contributed by atoms with Crippen molar-refractivity contribution in [1.82, 2.24) is 19.7 Å². The number of amides is 1. The molecular weight excluding hydrogens is 381 g/mol. The third kappa shape index (κ3) is 4.01. The van der Waals surface area contributed by atoms with Crippen LogP contribution in [0, 0.1) is 0 Å². The quantitative estimate of drug-likeness (QED) is 0.769. The summed E-state index contributed by atoms with van der Waals surface area (Å²) in [5.74, 6) is 0.764. The number of carbonyl (C=O) groups excluding carboxylic acids is 1. The van der Waals surface area contributed by atoms with Gasteiger partial charge in [0.25, 0.3) is 5.91 Å². The summed E-state index contributed by atoms with van der Waals surface area (Å²) >= 11 is 0. The molecule has 160 valence electrons. The maximum Gasteiger partial charge on any atom is 0.376 e. The highest BCUT2D eigenvalue weighted by atomic mass is 16.5. The van der Waals surface area contributed by atoms with Crippen molar-refractivity contribution < 1.29 is 14.6 Å². The molecule has 0 radical (unpaired) electrons. The summed E-state index contributed by atoms with van der Waals surface area (Å²) in [6.07, 6.45) is 3.85. The Labute approximate surface area is 178 Å². The number of carbonyl (C=O) groups is 1. The van der Waals surface area contributed by atoms with E-state index in [1.165, 1.54) is 0 Å². The van der Waals surface area contributed by atoms with Gasteiger partial charge in [-0.15, -0.1) is 0 Å². The van der Waals surface area contributed by atoms with Crippen molar-refractivity contribution in [3.63, 3.8) is 0 Å². The number of anilines is 1. The smallest absolute Gasteiger partial charge is 0.376 e. The maximum atomic E-state index is 12.7. The Hall–Kier alpha value is -2.23. The number of ether oxygens (including phenoxy) is 1. The minimum absolute atomic E-state index is 0.00979. The molecule has 2 fully saturated rings. The summed E-state index contributed by atoms with van der Waals surface area (Å²) < 4.78 is 5.66. The van der Waals surface area contributed by atoms with Gasteiger partial charge in [0.05, 0.1) is 29.9 Å². The molecule has 2 aliphatic heterocycles. The van der Waals surface area contributed by atoms with Crippen molar-refractivity contribution in [2.24, 2.45) is 0 Å². The van der Waals surface area contributed by atoms with E-state index >= 15 is 0 Å². The van der Waals surface area contributed by atoms with Gasteiger partial charge < -0.3 is 24.4 Å². The van der Waals surface area contributed by atoms with Crippen LogP contribution in [0.3, 0.4) is 0 Å². The molecule has 1 aromatic carbocycles. The van der Waals surface area contributed by atoms with E-state index in [0.717, 1.165) is 49.4 Å². The first-order chi connectivity index (χ1) is 14.3. The molecule has 2 aromatic rings. The fraction of sp³-hybridized carbons (Fsp3) is 0.571. The first kappa shape index (κ1) is 21.0. The zero-order valence-corrected chi connectivity index (χ0v) is 18.2. The van der Waals surface area contributed by atoms with E-state index in [1.807, 2.05) is 12.1 Å². The summed E-state index contributed by atoms with van der Waals surface area (Å²) in [4.78, 5) is 28.2. The number of fused-ring (bicyclic) bond motifs is 1. The molecule has 4 rings (SSSR count). The van der Waals surface area contributed by atoms with Gasteiger partial charge >= 0.3 is 7.05 Å². The van der Waals surface area contributed by atoms with E-state index in [9.17, 15) is 9.82 Å². The Morgan fingerprint density at radius 2 is 2.13 bits per heavy atom. The van der Waals surface area contributed by atoms with Crippen LogP contribution >= 0.6 is 0 Å². The van der Waals surface area contributed by atoms with Gasteiger partial charge in [-0.3, -0.25) is 9.78 Å². The zero-order chi connectivity index (χ0) is 21.4. The molecule has 30 heavy (non-hydrogen) atoms. The Morgan fingerprint density at radius 1 is 1.33 bits per heavy atom. The van der Waals surface area contributed by atoms with Crippen LogP contribution < -0.4 is 4.90 Å². The van der Waals surface area contributed by atoms with E-state index in [1.54, 1.807) is 32.0 Å². The minimum atomic E-state index is -0.558. The first-order valence-corrected chi connectivity index (χ1v) is 10.7. The highest BCUT2D eigenvalue weighted by Gasteiger charge is 2.33. The molecule has 0 bridgehead atoms. The van der Waals surface area contributed by atoms with E-state index in [-0.39, 0.29) is 18.1 Å². The van der Waals surface area contributed by atoms with Crippen molar-refractivity contribution >= 4 is 29.8 Å². The lowest BCUT2D eigenvalue weighted by Gasteiger charge is -2.32. The van der Waals surface area contributed by atoms with Gasteiger partial charge in [-0.1, -0.05) is 0 Å². The normalized spacial score (nSPS) is 22.5. The lowest BCUT2D eigenvalue weighted by atomic mass is 9.82. The summed E-state index contributed by atoms with van der Waals surface area (Å²) in [5, 5.41) is 10.3. The molecule has 2 atom stereocenters. The molecule has 2 saturated heterocycles. The van der Waals surface area contributed by atoms with Crippen LogP contribution in [0.5, 0.6) is 0 Å². The van der Waals surface area contributed by atoms with Crippen LogP contribution in [-0.4, -0.2) is 84.1 Å². The second-order valence-electron chi connectivity index (χ2n) is 8.52. The number of aromatic nitrogens is 2. The highest BCUT2D eigenvalue weighted by Crippen LogP contribution is 2.36. The van der Waals surface area contributed by atoms with Gasteiger partial charge in [0.15, 0.2) is 0 Å². The van der Waals surface area contributed by atoms with E-state index < -0.39 is 7.05 Å². The van der Waals surface area contributed by atoms with E-state index in [2.05, 4.69) is 21.6 Å². The number of rotatable bonds is 4. The third-order valence-electron chi connectivity index (χ3n) is 6.02. The van der Waals surface area contributed by atoms with Crippen LogP contribution in [0.1, 0.15) is 41.7 Å². The molecule has 1 unspecified atom stereocenters. The number of nitrogens with zero attached hydrogens (tertiary/aromatic N) is 5. The van der Waals surface area contributed by atoms with Gasteiger partial charge in [0.1, 0.15) is 5.82 Å². The number of hydrogen-bond donors (Lipinski definition) is 1. The number of benzene rings is 1. The van der Waals surface area contributed by atoms with Crippen molar-refractivity contribution in [3.8, 4) is 0 Å². The SMILES string of the molecule is CB(O)N1CCCC1c1cc(C(=O)N(C)C)cc2ncc(N3CCO[C@H](C)C3)nc12. The van der Waals surface area contributed by atoms with Gasteiger partial charge in [0, 0.05) is 38.8 Å². The van der Waals surface area contributed by atoms with Gasteiger partial charge in [-0.25, -0.2) is 4.98 Å². The van der Waals surface area contributed by atoms with Crippen molar-refractivity contribution in [2.45, 2.75) is 38.7 Å². The minimum Gasteiger partial charge on any atom is -0.437 e. The standard InChI is InChI=1S/C21H30BN5O3/c1-14-13-26(8-9-30-14)19-12-23-17-11-15(21(28)25(3)4)10-16(20(17)24-19)18-6-5-7-27(18)22(2)29/h10-12,14,18,29H,5-9,13H2,1-4H3/t14-,18?/m1/s1. The monoisotopic (exact) mass is 411 g/mol. The Bertz CT molecular complexity index is 938. The molecule has 3 heterocycles. The molecule has 0 aliphatic carbocycles. The van der Waals surface area contributed by atoms with Crippen LogP contribution in [-0.2, 0) is 4.74 Å². The number of morpholine rings is 1. The molecule has 9 heteroatoms. The van der Waals surface area contributed by atoms with Gasteiger partial charge in [-0.2, -0.15) is 0 Å². The van der Waals surface area contributed by atoms with Crippen LogP contribution in [0.15, 0.2) is 18.3 Å². The molecule has 2 aliphatic rings. The third-order valence-corrected chi connectivity index (χ3v) is 6.02. The Balaban J connectivity index is 1.83. The molecule has 0 saturated carbocycles. The summed E-state index contributed by atoms with van der Waals surface area (Å²) in [7, 11) is 2.94. The summed E-state index contributed by atoms with van der Waals surface area (Å²) in [5.41, 5.74) is 3.08. The van der Waals surface area contributed by atoms with Gasteiger partial charge in [0.2, 0.25) is 0 Å². The second-order valence-corrected chi connectivity index (χ2v) is 8.52. The number of hydrogen-bond acceptors (Lipinski definition) is 7. The Kier molecular flexibility index (Phi) is 5.95. The molecule has 1 N–H and O–H groups in total. The average Bonchev–Trinajstić information content (AvgIpc) is 3.22. The summed E-state index contributed by atoms with van der Waals surface area (Å²) in [6, 6.07) is 3.77. The molecule has 1 aromatic heterocycles. The van der Waals surface area contributed by atoms with E-state index in [4.69, 9.17) is 9.72 Å². The highest BCUT2D eigenvalue weighted by molar-refractivity contribution is 6.45. The first-order valence-electron chi connectivity index (χ1n) is 10.7. The largest absolute Gasteiger partial charge is 0.437 e. The molecule has 0 spiro atoms. The predicted molar refractivity (Wildman–Crippen MR) is 118 cm³/mol. The lowest BCUT2D eigenvalue weighted by Crippen LogP contribution is -2.41.